The molecule has 13 aromatic rings. The van der Waals surface area contributed by atoms with E-state index in [-0.39, 0.29) is 0 Å². The fraction of sp³-hybridized carbons (Fsp3) is 0. The number of benzene rings is 11. The van der Waals surface area contributed by atoms with Crippen LogP contribution < -0.4 is 0 Å². The molecule has 2 nitrogen and oxygen atoms in total. The third kappa shape index (κ3) is 4.82. The minimum Gasteiger partial charge on any atom is -0.455 e. The summed E-state index contributed by atoms with van der Waals surface area (Å²) in [5.41, 5.74) is 12.7. The molecule has 0 amide bonds. The van der Waals surface area contributed by atoms with E-state index in [1.165, 1.54) is 70.9 Å². The van der Waals surface area contributed by atoms with Crippen molar-refractivity contribution in [1.29, 1.82) is 0 Å². The molecule has 11 aromatic carbocycles. The first-order chi connectivity index (χ1) is 29.8. The Morgan fingerprint density at radius 2 is 0.683 bits per heavy atom. The summed E-state index contributed by atoms with van der Waals surface area (Å²) in [4.78, 5) is 0. The molecule has 0 spiro atoms. The van der Waals surface area contributed by atoms with Gasteiger partial charge in [0.15, 0.2) is 0 Å². The number of furan rings is 2. The molecule has 0 saturated carbocycles. The van der Waals surface area contributed by atoms with Gasteiger partial charge in [-0.2, -0.15) is 0 Å². The smallest absolute Gasteiger partial charge is 0.143 e. The Labute approximate surface area is 345 Å². The van der Waals surface area contributed by atoms with Gasteiger partial charge in [-0.05, 0) is 113 Å². The second-order valence-corrected chi connectivity index (χ2v) is 15.9. The average molecular weight is 763 g/mol. The van der Waals surface area contributed by atoms with Crippen molar-refractivity contribution < 1.29 is 8.83 Å². The summed E-state index contributed by atoms with van der Waals surface area (Å²) < 4.78 is 13.4. The van der Waals surface area contributed by atoms with Gasteiger partial charge in [-0.15, -0.1) is 0 Å². The Morgan fingerprint density at radius 1 is 0.233 bits per heavy atom. The molecule has 0 aliphatic rings. The Bertz CT molecular complexity index is 3840. The topological polar surface area (TPSA) is 26.3 Å². The third-order valence-corrected chi connectivity index (χ3v) is 12.6. The van der Waals surface area contributed by atoms with Crippen molar-refractivity contribution >= 4 is 87.0 Å². The van der Waals surface area contributed by atoms with Gasteiger partial charge in [0.2, 0.25) is 0 Å². The zero-order chi connectivity index (χ0) is 39.3. The molecule has 2 heterocycles. The largest absolute Gasteiger partial charge is 0.455 e. The average Bonchev–Trinajstić information content (AvgIpc) is 3.89. The quantitative estimate of drug-likeness (QED) is 0.167. The van der Waals surface area contributed by atoms with Crippen LogP contribution >= 0.6 is 0 Å². The molecular formula is C58H34O2. The van der Waals surface area contributed by atoms with Crippen LogP contribution in [0.4, 0.5) is 0 Å². The molecule has 0 saturated heterocycles. The molecule has 0 atom stereocenters. The molecular weight excluding hydrogens is 729 g/mol. The first kappa shape index (κ1) is 33.1. The monoisotopic (exact) mass is 762 g/mol. The maximum atomic E-state index is 6.76. The van der Waals surface area contributed by atoms with Crippen molar-refractivity contribution in [3.63, 3.8) is 0 Å². The molecule has 0 bridgehead atoms. The van der Waals surface area contributed by atoms with Crippen LogP contribution in [0.15, 0.2) is 215 Å². The summed E-state index contributed by atoms with van der Waals surface area (Å²) in [5, 5.41) is 14.2. The van der Waals surface area contributed by atoms with Gasteiger partial charge in [0.25, 0.3) is 0 Å². The lowest BCUT2D eigenvalue weighted by atomic mass is 9.83. The molecule has 0 unspecified atom stereocenters. The number of hydrogen-bond donors (Lipinski definition) is 0. The van der Waals surface area contributed by atoms with Crippen LogP contribution in [0.25, 0.3) is 131 Å². The van der Waals surface area contributed by atoms with Crippen LogP contribution in [0.1, 0.15) is 0 Å². The van der Waals surface area contributed by atoms with Crippen molar-refractivity contribution in [3.05, 3.63) is 206 Å². The molecule has 0 aliphatic heterocycles. The first-order valence-corrected chi connectivity index (χ1v) is 20.6. The van der Waals surface area contributed by atoms with E-state index in [1.807, 2.05) is 18.2 Å². The number of rotatable bonds is 4. The standard InChI is InChI=1S/C58H34O2/c1-3-18-39-35(15-1)17-13-26-43(39)56-46-24-7-5-22-44(46)55(45-23-6-8-25-47(45)56)38-31-36-16-2-4-19-40(36)50(34-38)37-32-51-42-21-10-12-30-54(42)60-58(51)52(33-37)49-28-14-27-48-41-20-9-11-29-53(41)59-57(48)49/h1-34H. The predicted molar refractivity (Wildman–Crippen MR) is 253 cm³/mol. The number of para-hydroxylation sites is 3. The molecule has 0 radical (unpaired) electrons. The molecule has 60 heavy (non-hydrogen) atoms. The molecule has 0 N–H and O–H groups in total. The van der Waals surface area contributed by atoms with E-state index in [9.17, 15) is 0 Å². The second kappa shape index (κ2) is 12.8. The highest BCUT2D eigenvalue weighted by Gasteiger charge is 2.22. The lowest BCUT2D eigenvalue weighted by Gasteiger charge is -2.20. The highest BCUT2D eigenvalue weighted by molar-refractivity contribution is 6.24. The molecule has 2 heteroatoms. The zero-order valence-corrected chi connectivity index (χ0v) is 32.4. The fourth-order valence-corrected chi connectivity index (χ4v) is 10.0. The Balaban J connectivity index is 1.12. The summed E-state index contributed by atoms with van der Waals surface area (Å²) in [5.74, 6) is 0. The van der Waals surface area contributed by atoms with E-state index in [1.54, 1.807) is 0 Å². The molecule has 13 rings (SSSR count). The van der Waals surface area contributed by atoms with E-state index >= 15 is 0 Å². The van der Waals surface area contributed by atoms with Crippen molar-refractivity contribution in [2.45, 2.75) is 0 Å². The summed E-state index contributed by atoms with van der Waals surface area (Å²) in [6, 6.07) is 74.7. The highest BCUT2D eigenvalue weighted by Crippen LogP contribution is 2.48. The Morgan fingerprint density at radius 3 is 1.37 bits per heavy atom. The Kier molecular flexibility index (Phi) is 7.05. The summed E-state index contributed by atoms with van der Waals surface area (Å²) >= 11 is 0. The van der Waals surface area contributed by atoms with Crippen molar-refractivity contribution in [1.82, 2.24) is 0 Å². The molecule has 0 fully saturated rings. The van der Waals surface area contributed by atoms with Crippen molar-refractivity contribution in [2.24, 2.45) is 0 Å². The van der Waals surface area contributed by atoms with Gasteiger partial charge < -0.3 is 8.83 Å². The lowest BCUT2D eigenvalue weighted by Crippen LogP contribution is -1.93. The van der Waals surface area contributed by atoms with E-state index in [0.29, 0.717) is 0 Å². The van der Waals surface area contributed by atoms with E-state index in [2.05, 4.69) is 188 Å². The van der Waals surface area contributed by atoms with Crippen LogP contribution in [0.5, 0.6) is 0 Å². The van der Waals surface area contributed by atoms with Gasteiger partial charge in [-0.1, -0.05) is 170 Å². The van der Waals surface area contributed by atoms with E-state index in [0.717, 1.165) is 60.6 Å². The van der Waals surface area contributed by atoms with Gasteiger partial charge in [0.05, 0.1) is 0 Å². The van der Waals surface area contributed by atoms with Gasteiger partial charge >= 0.3 is 0 Å². The summed E-state index contributed by atoms with van der Waals surface area (Å²) in [7, 11) is 0. The second-order valence-electron chi connectivity index (χ2n) is 15.9. The third-order valence-electron chi connectivity index (χ3n) is 12.6. The van der Waals surface area contributed by atoms with E-state index < -0.39 is 0 Å². The van der Waals surface area contributed by atoms with Crippen LogP contribution in [-0.4, -0.2) is 0 Å². The zero-order valence-electron chi connectivity index (χ0n) is 32.4. The SMILES string of the molecule is c1ccc2c(-c3cc(-c4cccc5c4oc4ccccc45)c4oc5ccccc5c4c3)cc(-c3c4ccccc4c(-c4cccc5ccccc45)c4ccccc34)cc2c1. The van der Waals surface area contributed by atoms with Crippen LogP contribution in [-0.2, 0) is 0 Å². The van der Waals surface area contributed by atoms with Crippen molar-refractivity contribution in [2.75, 3.05) is 0 Å². The van der Waals surface area contributed by atoms with Crippen molar-refractivity contribution in [3.8, 4) is 44.5 Å². The van der Waals surface area contributed by atoms with Gasteiger partial charge in [0.1, 0.15) is 22.3 Å². The molecule has 2 aromatic heterocycles. The lowest BCUT2D eigenvalue weighted by molar-refractivity contribution is 0.665. The summed E-state index contributed by atoms with van der Waals surface area (Å²) in [6.45, 7) is 0. The molecule has 0 aliphatic carbocycles. The van der Waals surface area contributed by atoms with E-state index in [4.69, 9.17) is 8.83 Å². The molecule has 278 valence electrons. The maximum absolute atomic E-state index is 6.76. The number of hydrogen-bond acceptors (Lipinski definition) is 2. The van der Waals surface area contributed by atoms with Gasteiger partial charge in [0, 0.05) is 32.7 Å². The minimum absolute atomic E-state index is 0.856. The first-order valence-electron chi connectivity index (χ1n) is 20.6. The van der Waals surface area contributed by atoms with Crippen LogP contribution in [0.2, 0.25) is 0 Å². The Hall–Kier alpha value is -7.94. The normalized spacial score (nSPS) is 12.0. The maximum Gasteiger partial charge on any atom is 0.143 e. The minimum atomic E-state index is 0.856. The summed E-state index contributed by atoms with van der Waals surface area (Å²) in [6.07, 6.45) is 0. The number of fused-ring (bicyclic) bond motifs is 10. The van der Waals surface area contributed by atoms with Crippen LogP contribution in [0, 0.1) is 0 Å². The highest BCUT2D eigenvalue weighted by atomic mass is 16.3. The van der Waals surface area contributed by atoms with Crippen LogP contribution in [0.3, 0.4) is 0 Å². The predicted octanol–water partition coefficient (Wildman–Crippen LogP) is 16.8. The van der Waals surface area contributed by atoms with Gasteiger partial charge in [-0.25, -0.2) is 0 Å². The van der Waals surface area contributed by atoms with Gasteiger partial charge in [-0.3, -0.25) is 0 Å². The fourth-order valence-electron chi connectivity index (χ4n) is 10.0.